The maximum Gasteiger partial charge on any atom is 0.490 e. The zero-order valence-corrected chi connectivity index (χ0v) is 14.7. The third-order valence-corrected chi connectivity index (χ3v) is 3.80. The van der Waals surface area contributed by atoms with Gasteiger partial charge in [-0.2, -0.15) is 13.2 Å². The number of ether oxygens (including phenoxy) is 1. The van der Waals surface area contributed by atoms with E-state index in [1.54, 1.807) is 7.11 Å². The Balaban J connectivity index is 0.000000345. The van der Waals surface area contributed by atoms with E-state index in [-0.39, 0.29) is 5.84 Å². The first kappa shape index (κ1) is 20.8. The molecule has 0 heterocycles. The molecule has 0 fully saturated rings. The van der Waals surface area contributed by atoms with Crippen LogP contribution in [0.4, 0.5) is 13.2 Å². The monoisotopic (exact) mass is 390 g/mol. The molecule has 0 amide bonds. The molecule has 0 bridgehead atoms. The number of carboxylic acids is 1. The number of nitrogens with two attached hydrogens (primary N) is 1. The molecule has 3 rings (SSSR count). The molecule has 0 aliphatic rings. The number of alkyl halides is 3. The summed E-state index contributed by atoms with van der Waals surface area (Å²) in [6.45, 7) is 0. The summed E-state index contributed by atoms with van der Waals surface area (Å²) in [5, 5.41) is 16.8. The van der Waals surface area contributed by atoms with Gasteiger partial charge in [0.2, 0.25) is 0 Å². The quantitative estimate of drug-likeness (QED) is 0.455. The Labute approximate surface area is 158 Å². The molecule has 0 atom stereocenters. The summed E-state index contributed by atoms with van der Waals surface area (Å²) in [5.74, 6) is -1.82. The molecule has 28 heavy (non-hydrogen) atoms. The summed E-state index contributed by atoms with van der Waals surface area (Å²) in [7, 11) is 1.67. The Hall–Kier alpha value is -3.55. The van der Waals surface area contributed by atoms with Gasteiger partial charge in [0, 0.05) is 5.56 Å². The number of benzene rings is 3. The second kappa shape index (κ2) is 8.43. The van der Waals surface area contributed by atoms with Crippen LogP contribution < -0.4 is 10.5 Å². The molecule has 0 aliphatic carbocycles. The summed E-state index contributed by atoms with van der Waals surface area (Å²) < 4.78 is 37.0. The molecule has 146 valence electrons. The number of rotatable bonds is 3. The third kappa shape index (κ3) is 5.23. The normalized spacial score (nSPS) is 10.7. The molecule has 0 saturated carbocycles. The summed E-state index contributed by atoms with van der Waals surface area (Å²) in [5.41, 5.74) is 8.53. The maximum absolute atomic E-state index is 10.6. The number of nitrogen functional groups attached to an aromatic ring is 1. The molecule has 0 saturated heterocycles. The zero-order valence-electron chi connectivity index (χ0n) is 14.7. The lowest BCUT2D eigenvalue weighted by Gasteiger charge is -2.07. The minimum absolute atomic E-state index is 0.0915. The number of halogens is 3. The Morgan fingerprint density at radius 2 is 1.57 bits per heavy atom. The summed E-state index contributed by atoms with van der Waals surface area (Å²) in [4.78, 5) is 8.90. The molecular formula is C20H17F3N2O3. The minimum Gasteiger partial charge on any atom is -0.497 e. The van der Waals surface area contributed by atoms with Crippen molar-refractivity contribution in [3.05, 3.63) is 66.2 Å². The van der Waals surface area contributed by atoms with Crippen LogP contribution in [-0.2, 0) is 4.79 Å². The molecule has 3 aromatic carbocycles. The first-order chi connectivity index (χ1) is 13.1. The van der Waals surface area contributed by atoms with Crippen LogP contribution in [0.2, 0.25) is 0 Å². The number of amidine groups is 1. The number of fused-ring (bicyclic) bond motifs is 1. The van der Waals surface area contributed by atoms with Crippen molar-refractivity contribution >= 4 is 22.6 Å². The van der Waals surface area contributed by atoms with Crippen LogP contribution in [0.25, 0.3) is 21.9 Å². The largest absolute Gasteiger partial charge is 0.497 e. The van der Waals surface area contributed by atoms with Gasteiger partial charge < -0.3 is 15.6 Å². The Bertz CT molecular complexity index is 1020. The number of aliphatic carboxylic acids is 1. The molecule has 3 aromatic rings. The van der Waals surface area contributed by atoms with Gasteiger partial charge in [0.1, 0.15) is 11.6 Å². The van der Waals surface area contributed by atoms with Gasteiger partial charge in [0.15, 0.2) is 0 Å². The van der Waals surface area contributed by atoms with E-state index in [1.165, 1.54) is 0 Å². The number of carboxylic acid groups (broad SMARTS) is 1. The van der Waals surface area contributed by atoms with Crippen molar-refractivity contribution in [1.29, 1.82) is 5.41 Å². The topological polar surface area (TPSA) is 96.4 Å². The number of carbonyl (C=O) groups is 1. The fourth-order valence-corrected chi connectivity index (χ4v) is 2.40. The number of methoxy groups -OCH3 is 1. The van der Waals surface area contributed by atoms with Crippen LogP contribution >= 0.6 is 0 Å². The average molecular weight is 390 g/mol. The molecule has 4 N–H and O–H groups in total. The molecule has 8 heteroatoms. The summed E-state index contributed by atoms with van der Waals surface area (Å²) in [6.07, 6.45) is -5.08. The Morgan fingerprint density at radius 1 is 1.00 bits per heavy atom. The van der Waals surface area contributed by atoms with Gasteiger partial charge >= 0.3 is 12.1 Å². The smallest absolute Gasteiger partial charge is 0.490 e. The second-order valence-electron chi connectivity index (χ2n) is 5.73. The lowest BCUT2D eigenvalue weighted by Crippen LogP contribution is -2.21. The molecule has 0 unspecified atom stereocenters. The van der Waals surface area contributed by atoms with Gasteiger partial charge in [-0.15, -0.1) is 0 Å². The molecular weight excluding hydrogens is 373 g/mol. The van der Waals surface area contributed by atoms with Gasteiger partial charge in [-0.1, -0.05) is 36.4 Å². The van der Waals surface area contributed by atoms with E-state index < -0.39 is 12.1 Å². The van der Waals surface area contributed by atoms with Crippen molar-refractivity contribution in [2.45, 2.75) is 6.18 Å². The van der Waals surface area contributed by atoms with Crippen molar-refractivity contribution in [1.82, 2.24) is 0 Å². The predicted molar refractivity (Wildman–Crippen MR) is 101 cm³/mol. The highest BCUT2D eigenvalue weighted by atomic mass is 19.4. The van der Waals surface area contributed by atoms with Crippen LogP contribution in [0.1, 0.15) is 5.56 Å². The van der Waals surface area contributed by atoms with Crippen LogP contribution in [0, 0.1) is 5.41 Å². The third-order valence-electron chi connectivity index (χ3n) is 3.80. The molecule has 0 aliphatic heterocycles. The van der Waals surface area contributed by atoms with Crippen molar-refractivity contribution in [2.75, 3.05) is 7.11 Å². The SMILES string of the molecule is COc1cccc(-c2ccc3cc(C(=N)N)ccc3c2)c1.O=C(O)C(F)(F)F. The first-order valence-corrected chi connectivity index (χ1v) is 7.94. The van der Waals surface area contributed by atoms with Crippen molar-refractivity contribution in [3.8, 4) is 16.9 Å². The highest BCUT2D eigenvalue weighted by Crippen LogP contribution is 2.27. The van der Waals surface area contributed by atoms with E-state index in [0.717, 1.165) is 33.2 Å². The average Bonchev–Trinajstić information content (AvgIpc) is 2.66. The molecule has 0 aromatic heterocycles. The van der Waals surface area contributed by atoms with Crippen molar-refractivity contribution in [2.24, 2.45) is 5.73 Å². The summed E-state index contributed by atoms with van der Waals surface area (Å²) in [6, 6.07) is 20.1. The number of hydrogen-bond acceptors (Lipinski definition) is 3. The molecule has 0 spiro atoms. The van der Waals surface area contributed by atoms with Crippen LogP contribution in [0.3, 0.4) is 0 Å². The van der Waals surface area contributed by atoms with Gasteiger partial charge in [0.25, 0.3) is 0 Å². The van der Waals surface area contributed by atoms with Gasteiger partial charge in [-0.25, -0.2) is 4.79 Å². The van der Waals surface area contributed by atoms with Crippen LogP contribution in [0.15, 0.2) is 60.7 Å². The summed E-state index contributed by atoms with van der Waals surface area (Å²) >= 11 is 0. The minimum atomic E-state index is -5.08. The number of hydrogen-bond donors (Lipinski definition) is 3. The first-order valence-electron chi connectivity index (χ1n) is 7.94. The van der Waals surface area contributed by atoms with E-state index in [4.69, 9.17) is 25.8 Å². The standard InChI is InChI=1S/C18H16N2O.C2HF3O2/c1-21-17-4-2-3-12(11-17)13-5-6-15-10-16(18(19)20)8-7-14(15)9-13;3-2(4,5)1(6)7/h2-11H,1H3,(H3,19,20);(H,6,7). The fraction of sp³-hybridized carbons (Fsp3) is 0.100. The van der Waals surface area contributed by atoms with E-state index in [1.807, 2.05) is 36.4 Å². The lowest BCUT2D eigenvalue weighted by molar-refractivity contribution is -0.192. The van der Waals surface area contributed by atoms with Gasteiger partial charge in [0.05, 0.1) is 7.11 Å². The Kier molecular flexibility index (Phi) is 6.25. The fourth-order valence-electron chi connectivity index (χ4n) is 2.40. The maximum atomic E-state index is 10.6. The number of nitrogens with one attached hydrogen (secondary N) is 1. The second-order valence-corrected chi connectivity index (χ2v) is 5.73. The van der Waals surface area contributed by atoms with Gasteiger partial charge in [-0.05, 0) is 46.2 Å². The highest BCUT2D eigenvalue weighted by Gasteiger charge is 2.38. The zero-order chi connectivity index (χ0) is 20.9. The van der Waals surface area contributed by atoms with Crippen LogP contribution in [0.5, 0.6) is 5.75 Å². The Morgan fingerprint density at radius 3 is 2.14 bits per heavy atom. The lowest BCUT2D eigenvalue weighted by atomic mass is 9.99. The highest BCUT2D eigenvalue weighted by molar-refractivity contribution is 5.99. The van der Waals surface area contributed by atoms with Gasteiger partial charge in [-0.3, -0.25) is 5.41 Å². The van der Waals surface area contributed by atoms with E-state index in [2.05, 4.69) is 24.3 Å². The molecule has 0 radical (unpaired) electrons. The van der Waals surface area contributed by atoms with E-state index >= 15 is 0 Å². The van der Waals surface area contributed by atoms with Crippen molar-refractivity contribution < 1.29 is 27.8 Å². The van der Waals surface area contributed by atoms with E-state index in [0.29, 0.717) is 0 Å². The predicted octanol–water partition coefficient (Wildman–Crippen LogP) is 4.43. The van der Waals surface area contributed by atoms with Crippen molar-refractivity contribution in [3.63, 3.8) is 0 Å². The van der Waals surface area contributed by atoms with E-state index in [9.17, 15) is 13.2 Å². The molecule has 5 nitrogen and oxygen atoms in total. The van der Waals surface area contributed by atoms with Crippen LogP contribution in [-0.4, -0.2) is 30.2 Å².